The van der Waals surface area contributed by atoms with Gasteiger partial charge >= 0.3 is 0 Å². The molecule has 1 fully saturated rings. The molecule has 29 heavy (non-hydrogen) atoms. The van der Waals surface area contributed by atoms with Gasteiger partial charge in [-0.2, -0.15) is 0 Å². The molecular formula is C24H28N2O3. The number of nitrogens with zero attached hydrogens (tertiary/aromatic N) is 2. The van der Waals surface area contributed by atoms with Gasteiger partial charge in [0.25, 0.3) is 5.56 Å². The lowest BCUT2D eigenvalue weighted by molar-refractivity contribution is 0.355. The third-order valence-electron chi connectivity index (χ3n) is 5.85. The van der Waals surface area contributed by atoms with E-state index in [0.717, 1.165) is 24.4 Å². The van der Waals surface area contributed by atoms with Crippen molar-refractivity contribution in [2.24, 2.45) is 5.92 Å². The molecule has 1 aromatic heterocycles. The number of aromatic nitrogens is 2. The van der Waals surface area contributed by atoms with Crippen molar-refractivity contribution in [1.82, 2.24) is 9.55 Å². The van der Waals surface area contributed by atoms with E-state index in [4.69, 9.17) is 14.5 Å². The molecule has 0 bridgehead atoms. The van der Waals surface area contributed by atoms with Crippen LogP contribution in [0.2, 0.25) is 0 Å². The van der Waals surface area contributed by atoms with Crippen LogP contribution in [0.3, 0.4) is 0 Å². The van der Waals surface area contributed by atoms with Gasteiger partial charge < -0.3 is 9.47 Å². The van der Waals surface area contributed by atoms with E-state index < -0.39 is 0 Å². The first kappa shape index (κ1) is 19.5. The quantitative estimate of drug-likeness (QED) is 0.576. The van der Waals surface area contributed by atoms with Crippen LogP contribution in [0.5, 0.6) is 11.5 Å². The Kier molecular flexibility index (Phi) is 5.31. The fraction of sp³-hybridized carbons (Fsp3) is 0.417. The summed E-state index contributed by atoms with van der Waals surface area (Å²) in [6, 6.07) is 11.8. The molecule has 2 aromatic carbocycles. The Labute approximate surface area is 171 Å². The minimum atomic E-state index is -0.0636. The summed E-state index contributed by atoms with van der Waals surface area (Å²) in [5, 5.41) is 0.537. The van der Waals surface area contributed by atoms with Crippen LogP contribution in [0.4, 0.5) is 0 Å². The summed E-state index contributed by atoms with van der Waals surface area (Å²) in [6.07, 6.45) is 4.46. The second-order valence-electron chi connectivity index (χ2n) is 7.92. The van der Waals surface area contributed by atoms with Gasteiger partial charge in [-0.3, -0.25) is 9.36 Å². The molecule has 0 aliphatic heterocycles. The molecule has 5 heteroatoms. The highest BCUT2D eigenvalue weighted by Crippen LogP contribution is 2.46. The monoisotopic (exact) mass is 392 g/mol. The number of benzene rings is 2. The molecule has 0 saturated heterocycles. The largest absolute Gasteiger partial charge is 0.493 e. The standard InChI is InChI=1S/C24H28N2O3/c1-5-6-7-16-8-10-17(11-9-16)26-23(18-12-15(18)2)25-20-14-22(29-4)21(28-3)13-19(20)24(26)27/h8-11,13-15,18H,5-7,12H2,1-4H3/t15-,18-/m1/s1. The Balaban J connectivity index is 1.89. The highest BCUT2D eigenvalue weighted by atomic mass is 16.5. The Morgan fingerprint density at radius 2 is 1.76 bits per heavy atom. The van der Waals surface area contributed by atoms with Crippen molar-refractivity contribution < 1.29 is 9.47 Å². The molecule has 0 amide bonds. The van der Waals surface area contributed by atoms with E-state index in [1.165, 1.54) is 18.4 Å². The number of unbranched alkanes of at least 4 members (excludes halogenated alkanes) is 1. The van der Waals surface area contributed by atoms with Crippen LogP contribution in [0.15, 0.2) is 41.2 Å². The SMILES string of the molecule is CCCCc1ccc(-n2c([C@@H]3C[C@H]3C)nc3cc(OC)c(OC)cc3c2=O)cc1. The molecule has 1 heterocycles. The summed E-state index contributed by atoms with van der Waals surface area (Å²) < 4.78 is 12.6. The molecule has 1 aliphatic carbocycles. The Morgan fingerprint density at radius 1 is 1.10 bits per heavy atom. The van der Waals surface area contributed by atoms with Gasteiger partial charge in [0.15, 0.2) is 11.5 Å². The number of hydrogen-bond donors (Lipinski definition) is 0. The average molecular weight is 392 g/mol. The summed E-state index contributed by atoms with van der Waals surface area (Å²) in [6.45, 7) is 4.40. The highest BCUT2D eigenvalue weighted by Gasteiger charge is 2.38. The Morgan fingerprint density at radius 3 is 2.34 bits per heavy atom. The third kappa shape index (κ3) is 3.61. The van der Waals surface area contributed by atoms with Crippen LogP contribution in [-0.4, -0.2) is 23.8 Å². The van der Waals surface area contributed by atoms with Crippen LogP contribution in [0.25, 0.3) is 16.6 Å². The van der Waals surface area contributed by atoms with E-state index >= 15 is 0 Å². The minimum Gasteiger partial charge on any atom is -0.493 e. The lowest BCUT2D eigenvalue weighted by Crippen LogP contribution is -2.24. The van der Waals surface area contributed by atoms with Crippen LogP contribution < -0.4 is 15.0 Å². The third-order valence-corrected chi connectivity index (χ3v) is 5.85. The number of methoxy groups -OCH3 is 2. The van der Waals surface area contributed by atoms with E-state index in [9.17, 15) is 4.79 Å². The topological polar surface area (TPSA) is 53.4 Å². The summed E-state index contributed by atoms with van der Waals surface area (Å²) in [5.41, 5.74) is 2.75. The lowest BCUT2D eigenvalue weighted by Gasteiger charge is -2.15. The Hall–Kier alpha value is -2.82. The van der Waals surface area contributed by atoms with Crippen molar-refractivity contribution in [2.75, 3.05) is 14.2 Å². The van der Waals surface area contributed by atoms with Gasteiger partial charge in [-0.05, 0) is 48.9 Å². The molecule has 3 aromatic rings. The van der Waals surface area contributed by atoms with Gasteiger partial charge in [0.05, 0.1) is 30.8 Å². The van der Waals surface area contributed by atoms with Crippen molar-refractivity contribution in [3.8, 4) is 17.2 Å². The van der Waals surface area contributed by atoms with E-state index in [1.54, 1.807) is 30.9 Å². The number of hydrogen-bond acceptors (Lipinski definition) is 4. The van der Waals surface area contributed by atoms with E-state index in [2.05, 4.69) is 26.0 Å². The lowest BCUT2D eigenvalue weighted by atomic mass is 10.1. The Bertz CT molecular complexity index is 1090. The first-order chi connectivity index (χ1) is 14.1. The van der Waals surface area contributed by atoms with Gasteiger partial charge in [-0.15, -0.1) is 0 Å². The first-order valence-corrected chi connectivity index (χ1v) is 10.3. The van der Waals surface area contributed by atoms with Crippen molar-refractivity contribution in [1.29, 1.82) is 0 Å². The molecule has 0 unspecified atom stereocenters. The fourth-order valence-electron chi connectivity index (χ4n) is 3.90. The number of ether oxygens (including phenoxy) is 2. The van der Waals surface area contributed by atoms with Gasteiger partial charge in [0.2, 0.25) is 0 Å². The summed E-state index contributed by atoms with van der Waals surface area (Å²) in [7, 11) is 3.17. The maximum absolute atomic E-state index is 13.5. The van der Waals surface area contributed by atoms with Gasteiger partial charge in [-0.25, -0.2) is 4.98 Å². The smallest absolute Gasteiger partial charge is 0.266 e. The molecule has 0 N–H and O–H groups in total. The van der Waals surface area contributed by atoms with E-state index in [0.29, 0.717) is 34.2 Å². The van der Waals surface area contributed by atoms with Crippen LogP contribution in [-0.2, 0) is 6.42 Å². The second-order valence-corrected chi connectivity index (χ2v) is 7.92. The molecule has 0 radical (unpaired) electrons. The zero-order valence-corrected chi connectivity index (χ0v) is 17.6. The molecule has 0 spiro atoms. The minimum absolute atomic E-state index is 0.0636. The van der Waals surface area contributed by atoms with Crippen molar-refractivity contribution >= 4 is 10.9 Å². The predicted molar refractivity (Wildman–Crippen MR) is 116 cm³/mol. The van der Waals surface area contributed by atoms with Crippen molar-refractivity contribution in [3.05, 3.63) is 58.1 Å². The van der Waals surface area contributed by atoms with Crippen LogP contribution in [0.1, 0.15) is 50.4 Å². The second kappa shape index (κ2) is 7.90. The summed E-state index contributed by atoms with van der Waals surface area (Å²) in [4.78, 5) is 18.4. The molecule has 1 aliphatic rings. The number of fused-ring (bicyclic) bond motifs is 1. The molecule has 4 rings (SSSR count). The highest BCUT2D eigenvalue weighted by molar-refractivity contribution is 5.82. The molecule has 1 saturated carbocycles. The van der Waals surface area contributed by atoms with Gasteiger partial charge in [0, 0.05) is 12.0 Å². The van der Waals surface area contributed by atoms with Crippen LogP contribution >= 0.6 is 0 Å². The molecule has 2 atom stereocenters. The normalized spacial score (nSPS) is 18.1. The predicted octanol–water partition coefficient (Wildman–Crippen LogP) is 4.87. The molecule has 5 nitrogen and oxygen atoms in total. The summed E-state index contributed by atoms with van der Waals surface area (Å²) in [5.74, 6) is 2.80. The number of aryl methyl sites for hydroxylation is 1. The van der Waals surface area contributed by atoms with Crippen molar-refractivity contribution in [3.63, 3.8) is 0 Å². The van der Waals surface area contributed by atoms with Crippen LogP contribution in [0, 0.1) is 5.92 Å². The zero-order chi connectivity index (χ0) is 20.5. The summed E-state index contributed by atoms with van der Waals surface area (Å²) >= 11 is 0. The van der Waals surface area contributed by atoms with E-state index in [-0.39, 0.29) is 5.56 Å². The first-order valence-electron chi connectivity index (χ1n) is 10.3. The van der Waals surface area contributed by atoms with Gasteiger partial charge in [0.1, 0.15) is 5.82 Å². The molecular weight excluding hydrogens is 364 g/mol. The molecule has 152 valence electrons. The maximum Gasteiger partial charge on any atom is 0.266 e. The fourth-order valence-corrected chi connectivity index (χ4v) is 3.90. The average Bonchev–Trinajstić information content (AvgIpc) is 3.48. The zero-order valence-electron chi connectivity index (χ0n) is 17.6. The van der Waals surface area contributed by atoms with E-state index in [1.807, 2.05) is 12.1 Å². The number of rotatable bonds is 7. The van der Waals surface area contributed by atoms with Crippen molar-refractivity contribution in [2.45, 2.75) is 45.4 Å². The maximum atomic E-state index is 13.5. The van der Waals surface area contributed by atoms with Gasteiger partial charge in [-0.1, -0.05) is 32.4 Å².